The maximum atomic E-state index is 11.9. The fourth-order valence-corrected chi connectivity index (χ4v) is 2.09. The zero-order chi connectivity index (χ0) is 16.5. The van der Waals surface area contributed by atoms with E-state index in [-0.39, 0.29) is 11.6 Å². The molecule has 6 nitrogen and oxygen atoms in total. The number of carbonyl (C=O) groups is 1. The van der Waals surface area contributed by atoms with Crippen molar-refractivity contribution in [2.45, 2.75) is 13.0 Å². The zero-order valence-corrected chi connectivity index (χ0v) is 13.6. The molecule has 1 aromatic heterocycles. The van der Waals surface area contributed by atoms with Gasteiger partial charge in [0.05, 0.1) is 0 Å². The Hall–Kier alpha value is -2.18. The molecule has 0 unspecified atom stereocenters. The molecule has 2 N–H and O–H groups in total. The highest BCUT2D eigenvalue weighted by Gasteiger charge is 2.07. The number of hydrogen-bond acceptors (Lipinski definition) is 5. The number of ether oxygens (including phenoxy) is 1. The van der Waals surface area contributed by atoms with Crippen LogP contribution >= 0.6 is 11.6 Å². The highest BCUT2D eigenvalue weighted by atomic mass is 35.5. The number of anilines is 1. The molecule has 1 heterocycles. The molecular weight excluding hydrogens is 316 g/mol. The van der Waals surface area contributed by atoms with Crippen LogP contribution in [0.2, 0.25) is 5.02 Å². The van der Waals surface area contributed by atoms with Gasteiger partial charge in [-0.1, -0.05) is 29.8 Å². The van der Waals surface area contributed by atoms with Gasteiger partial charge >= 0.3 is 0 Å². The van der Waals surface area contributed by atoms with Crippen molar-refractivity contribution in [3.8, 4) is 0 Å². The molecule has 1 aromatic carbocycles. The van der Waals surface area contributed by atoms with Crippen LogP contribution in [0.4, 0.5) is 5.82 Å². The summed E-state index contributed by atoms with van der Waals surface area (Å²) in [6.07, 6.45) is 0.757. The second-order valence-corrected chi connectivity index (χ2v) is 5.26. The summed E-state index contributed by atoms with van der Waals surface area (Å²) in [5, 5.41) is 14.5. The smallest absolute Gasteiger partial charge is 0.271 e. The molecule has 1 amide bonds. The van der Waals surface area contributed by atoms with E-state index in [2.05, 4.69) is 20.8 Å². The number of aromatic nitrogens is 2. The Balaban J connectivity index is 1.84. The number of nitrogens with one attached hydrogen (secondary N) is 2. The standard InChI is InChI=1S/C16H19ClN4O2/c1-23-10-4-9-18-16(22)14-7-8-15(21-20-14)19-11-12-5-2-3-6-13(12)17/h2-3,5-8H,4,9-11H2,1H3,(H,18,22)(H,19,21). The molecule has 0 aliphatic rings. The van der Waals surface area contributed by atoms with E-state index >= 15 is 0 Å². The average Bonchev–Trinajstić information content (AvgIpc) is 2.58. The molecule has 0 bridgehead atoms. The monoisotopic (exact) mass is 334 g/mol. The molecule has 7 heteroatoms. The van der Waals surface area contributed by atoms with Gasteiger partial charge in [0, 0.05) is 31.8 Å². The Labute approximate surface area is 140 Å². The quantitative estimate of drug-likeness (QED) is 0.725. The van der Waals surface area contributed by atoms with Gasteiger partial charge in [0.25, 0.3) is 5.91 Å². The normalized spacial score (nSPS) is 10.3. The number of nitrogens with zero attached hydrogens (tertiary/aromatic N) is 2. The minimum Gasteiger partial charge on any atom is -0.385 e. The Morgan fingerprint density at radius 2 is 2.04 bits per heavy atom. The number of rotatable bonds is 8. The summed E-state index contributed by atoms with van der Waals surface area (Å²) in [4.78, 5) is 11.9. The lowest BCUT2D eigenvalue weighted by Gasteiger charge is -2.07. The summed E-state index contributed by atoms with van der Waals surface area (Å²) in [5.74, 6) is 0.340. The zero-order valence-electron chi connectivity index (χ0n) is 12.9. The maximum Gasteiger partial charge on any atom is 0.271 e. The third kappa shape index (κ3) is 5.50. The van der Waals surface area contributed by atoms with E-state index in [1.807, 2.05) is 24.3 Å². The summed E-state index contributed by atoms with van der Waals surface area (Å²) in [7, 11) is 1.63. The molecule has 0 saturated carbocycles. The van der Waals surface area contributed by atoms with Gasteiger partial charge in [-0.05, 0) is 30.2 Å². The molecule has 122 valence electrons. The third-order valence-electron chi connectivity index (χ3n) is 3.13. The van der Waals surface area contributed by atoms with Gasteiger partial charge in [-0.3, -0.25) is 4.79 Å². The van der Waals surface area contributed by atoms with Crippen molar-refractivity contribution in [1.82, 2.24) is 15.5 Å². The van der Waals surface area contributed by atoms with E-state index < -0.39 is 0 Å². The van der Waals surface area contributed by atoms with Crippen LogP contribution in [0.1, 0.15) is 22.5 Å². The van der Waals surface area contributed by atoms with Crippen molar-refractivity contribution in [2.75, 3.05) is 25.6 Å². The third-order valence-corrected chi connectivity index (χ3v) is 3.49. The SMILES string of the molecule is COCCCNC(=O)c1ccc(NCc2ccccc2Cl)nn1. The van der Waals surface area contributed by atoms with E-state index in [1.165, 1.54) is 0 Å². The number of methoxy groups -OCH3 is 1. The first-order valence-electron chi connectivity index (χ1n) is 7.29. The van der Waals surface area contributed by atoms with Gasteiger partial charge in [0.2, 0.25) is 0 Å². The molecule has 2 aromatic rings. The minimum atomic E-state index is -0.244. The van der Waals surface area contributed by atoms with Crippen LogP contribution in [-0.4, -0.2) is 36.4 Å². The Morgan fingerprint density at radius 1 is 1.22 bits per heavy atom. The van der Waals surface area contributed by atoms with Gasteiger partial charge in [0.15, 0.2) is 5.69 Å². The number of benzene rings is 1. The first kappa shape index (κ1) is 17.2. The fraction of sp³-hybridized carbons (Fsp3) is 0.312. The van der Waals surface area contributed by atoms with Crippen molar-refractivity contribution in [1.29, 1.82) is 0 Å². The van der Waals surface area contributed by atoms with Crippen LogP contribution in [0.5, 0.6) is 0 Å². The number of halogens is 1. The fourth-order valence-electron chi connectivity index (χ4n) is 1.88. The second-order valence-electron chi connectivity index (χ2n) is 4.85. The van der Waals surface area contributed by atoms with E-state index in [4.69, 9.17) is 16.3 Å². The van der Waals surface area contributed by atoms with Crippen LogP contribution in [0, 0.1) is 0 Å². The molecule has 0 atom stereocenters. The van der Waals surface area contributed by atoms with Gasteiger partial charge in [-0.25, -0.2) is 0 Å². The van der Waals surface area contributed by atoms with E-state index in [1.54, 1.807) is 19.2 Å². The first-order valence-corrected chi connectivity index (χ1v) is 7.66. The van der Waals surface area contributed by atoms with Crippen molar-refractivity contribution in [3.05, 3.63) is 52.7 Å². The molecule has 0 radical (unpaired) electrons. The van der Waals surface area contributed by atoms with Crippen LogP contribution in [0.15, 0.2) is 36.4 Å². The lowest BCUT2D eigenvalue weighted by atomic mass is 10.2. The van der Waals surface area contributed by atoms with Crippen molar-refractivity contribution in [3.63, 3.8) is 0 Å². The highest BCUT2D eigenvalue weighted by molar-refractivity contribution is 6.31. The number of hydrogen-bond donors (Lipinski definition) is 2. The van der Waals surface area contributed by atoms with Gasteiger partial charge < -0.3 is 15.4 Å². The number of carbonyl (C=O) groups excluding carboxylic acids is 1. The molecule has 0 aliphatic heterocycles. The summed E-state index contributed by atoms with van der Waals surface area (Å²) in [5.41, 5.74) is 1.25. The maximum absolute atomic E-state index is 11.9. The van der Waals surface area contributed by atoms with Crippen molar-refractivity contribution >= 4 is 23.3 Å². The minimum absolute atomic E-state index is 0.244. The van der Waals surface area contributed by atoms with E-state index in [0.717, 1.165) is 12.0 Å². The lowest BCUT2D eigenvalue weighted by molar-refractivity contribution is 0.0942. The molecule has 2 rings (SSSR count). The van der Waals surface area contributed by atoms with Crippen LogP contribution in [0.3, 0.4) is 0 Å². The van der Waals surface area contributed by atoms with Crippen LogP contribution in [0.25, 0.3) is 0 Å². The summed E-state index contributed by atoms with van der Waals surface area (Å²) < 4.78 is 4.92. The second kappa shape index (κ2) is 9.07. The largest absolute Gasteiger partial charge is 0.385 e. The van der Waals surface area contributed by atoms with Crippen LogP contribution < -0.4 is 10.6 Å². The first-order chi connectivity index (χ1) is 11.2. The molecule has 0 saturated heterocycles. The van der Waals surface area contributed by atoms with Gasteiger partial charge in [-0.15, -0.1) is 10.2 Å². The topological polar surface area (TPSA) is 76.1 Å². The molecular formula is C16H19ClN4O2. The summed E-state index contributed by atoms with van der Waals surface area (Å²) in [6.45, 7) is 1.69. The van der Waals surface area contributed by atoms with Crippen LogP contribution in [-0.2, 0) is 11.3 Å². The predicted octanol–water partition coefficient (Wildman–Crippen LogP) is 2.51. The van der Waals surface area contributed by atoms with Gasteiger partial charge in [-0.2, -0.15) is 0 Å². The van der Waals surface area contributed by atoms with Crippen molar-refractivity contribution < 1.29 is 9.53 Å². The molecule has 0 fully saturated rings. The molecule has 23 heavy (non-hydrogen) atoms. The molecule has 0 spiro atoms. The van der Waals surface area contributed by atoms with E-state index in [9.17, 15) is 4.79 Å². The van der Waals surface area contributed by atoms with Gasteiger partial charge in [0.1, 0.15) is 5.82 Å². The predicted molar refractivity (Wildman–Crippen MR) is 89.6 cm³/mol. The molecule has 0 aliphatic carbocycles. The summed E-state index contributed by atoms with van der Waals surface area (Å²) in [6, 6.07) is 10.9. The Kier molecular flexibility index (Phi) is 6.77. The van der Waals surface area contributed by atoms with Crippen molar-refractivity contribution in [2.24, 2.45) is 0 Å². The summed E-state index contributed by atoms with van der Waals surface area (Å²) >= 11 is 6.09. The Bertz CT molecular complexity index is 634. The Morgan fingerprint density at radius 3 is 2.74 bits per heavy atom. The average molecular weight is 335 g/mol. The highest BCUT2D eigenvalue weighted by Crippen LogP contribution is 2.16. The van der Waals surface area contributed by atoms with E-state index in [0.29, 0.717) is 30.5 Å². The number of amides is 1. The lowest BCUT2D eigenvalue weighted by Crippen LogP contribution is -2.26.